The maximum Gasteiger partial charge on any atom is 0.553 e. The van der Waals surface area contributed by atoms with E-state index in [0.717, 1.165) is 0 Å². The minimum absolute atomic E-state index is 0.249. The van der Waals surface area contributed by atoms with Crippen molar-refractivity contribution in [3.05, 3.63) is 0 Å². The Hall–Kier alpha value is 3.14. The molecule has 9 saturated heterocycles. The topological polar surface area (TPSA) is 277 Å². The van der Waals surface area contributed by atoms with E-state index >= 15 is 0 Å². The van der Waals surface area contributed by atoms with E-state index in [1.165, 1.54) is 0 Å². The lowest BCUT2D eigenvalue weighted by Crippen LogP contribution is -2.81. The highest BCUT2D eigenvalue weighted by atomic mass is 28.6. The van der Waals surface area contributed by atoms with Crippen LogP contribution < -0.4 is 0 Å². The van der Waals surface area contributed by atoms with Gasteiger partial charge in [-0.3, -0.25) is 0 Å². The first kappa shape index (κ1) is 60.7. The van der Waals surface area contributed by atoms with E-state index < -0.39 is 178 Å². The van der Waals surface area contributed by atoms with Crippen LogP contribution in [0.25, 0.3) is 0 Å². The normalized spacial score (nSPS) is 55.0. The van der Waals surface area contributed by atoms with Crippen LogP contribution in [0.1, 0.15) is 13.8 Å². The summed E-state index contributed by atoms with van der Waals surface area (Å²) in [6.07, 6.45) is 0. The zero-order valence-electron chi connectivity index (χ0n) is 44.7. The first-order valence-corrected chi connectivity index (χ1v) is 66.0. The summed E-state index contributed by atoms with van der Waals surface area (Å²) in [5, 5.41) is 0. The summed E-state index contributed by atoms with van der Waals surface area (Å²) >= 11 is 0. The molecule has 0 aromatic heterocycles. The van der Waals surface area contributed by atoms with Crippen molar-refractivity contribution in [3.8, 4) is 0 Å². The van der Waals surface area contributed by atoms with Gasteiger partial charge in [0.25, 0.3) is 0 Å². The average Bonchev–Trinajstić information content (AvgIpc) is 3.02. The number of hydrogen-bond acceptors (Lipinski definition) is 30. The number of rotatable bonds is 4. The van der Waals surface area contributed by atoms with Crippen molar-refractivity contribution in [2.45, 2.75) is 138 Å². The summed E-state index contributed by atoms with van der Waals surface area (Å²) in [6, 6.07) is 0. The molecule has 16 bridgehead atoms. The first-order valence-electron chi connectivity index (χ1n) is 23.3. The van der Waals surface area contributed by atoms with Gasteiger partial charge in [-0.25, -0.2) is 0 Å². The van der Waals surface area contributed by atoms with Crippen molar-refractivity contribution < 1.29 is 124 Å². The fourth-order valence-electron chi connectivity index (χ4n) is 9.96. The molecule has 9 aliphatic rings. The van der Waals surface area contributed by atoms with Gasteiger partial charge in [0.05, 0.1) is 0 Å². The van der Waals surface area contributed by atoms with Crippen LogP contribution in [0.5, 0.6) is 0 Å². The van der Waals surface area contributed by atoms with Gasteiger partial charge >= 0.3 is 178 Å². The van der Waals surface area contributed by atoms with E-state index in [4.69, 9.17) is 124 Å². The Morgan fingerprint density at radius 1 is 0.219 bits per heavy atom. The molecule has 9 aliphatic heterocycles. The Labute approximate surface area is 450 Å². The molecule has 0 aromatic carbocycles. The SMILES string of the molecule is CCO[Si]1(C)O[Si](C)(OCC)O[Si]2(C)O[Si](C)(O[Si]3O[Si]4(C)O[Si]5(C)O[Si](O[Si](C)(O4)O[Si](C)(O3)O2)O[Si]2(C)O[Si](C)(O[Si]3O[Si](C)(O2)O[Si]2(C)O[Si](C)(O3)O[Si]3(C)O[Si](C)(C)O[Si](C)(C)O[Si](C)(O3)O2)O5)O1. The molecule has 15 unspecified atom stereocenters. The summed E-state index contributed by atoms with van der Waals surface area (Å²) in [5.74, 6) is 0. The van der Waals surface area contributed by atoms with E-state index in [2.05, 4.69) is 0 Å². The van der Waals surface area contributed by atoms with Gasteiger partial charge in [-0.1, -0.05) is 0 Å². The summed E-state index contributed by atoms with van der Waals surface area (Å²) in [4.78, 5) is 0. The molecule has 50 heteroatoms. The second kappa shape index (κ2) is 19.3. The fourth-order valence-corrected chi connectivity index (χ4v) is 106. The van der Waals surface area contributed by atoms with Crippen LogP contribution in [0, 0.1) is 0 Å². The molecule has 9 rings (SSSR count). The van der Waals surface area contributed by atoms with Gasteiger partial charge in [0.15, 0.2) is 0 Å². The summed E-state index contributed by atoms with van der Waals surface area (Å²) in [5.41, 5.74) is 0. The van der Waals surface area contributed by atoms with E-state index in [0.29, 0.717) is 0 Å². The zero-order valence-corrected chi connectivity index (χ0v) is 64.7. The monoisotopic (exact) mass is 1380 g/mol. The minimum atomic E-state index is -4.24. The standard InChI is InChI=1S/C23H67O30Si20/c1-22-24-59(7)38-60(8,25-23-2)40-72(20)48-61(9,39-59)26-54-27-62(10)41-63(11)28-55(29-65(13,43-62)45-67(15,32-54)49-72)30-66(14)44-64(12,42-63)31-56-33-68(16,46-66)50-73(21)51-69(17,34-56)47-70(18)36-57(3,4)35-58(5,6)37-71(19,52-70)53-73/h22-23H2,1-21H3. The van der Waals surface area contributed by atoms with Gasteiger partial charge in [0.2, 0.25) is 0 Å². The molecule has 9 heterocycles. The van der Waals surface area contributed by atoms with Crippen molar-refractivity contribution >= 4 is 178 Å². The van der Waals surface area contributed by atoms with Gasteiger partial charge in [0.1, 0.15) is 0 Å². The summed E-state index contributed by atoms with van der Waals surface area (Å²) in [6.45, 7) is 36.6. The van der Waals surface area contributed by atoms with Crippen molar-refractivity contribution in [1.29, 1.82) is 0 Å². The number of fused-ring (bicyclic) bond motifs is 16. The molecule has 0 aromatic rings. The maximum absolute atomic E-state index is 6.97. The second-order valence-electron chi connectivity index (χ2n) is 20.2. The van der Waals surface area contributed by atoms with Crippen molar-refractivity contribution in [2.75, 3.05) is 13.2 Å². The van der Waals surface area contributed by atoms with Crippen LogP contribution in [-0.2, 0) is 124 Å². The lowest BCUT2D eigenvalue weighted by Gasteiger charge is -2.55. The highest BCUT2D eigenvalue weighted by molar-refractivity contribution is 7.01. The molecule has 30 nitrogen and oxygen atoms in total. The lowest BCUT2D eigenvalue weighted by atomic mass is 10.9. The van der Waals surface area contributed by atoms with E-state index in [1.54, 1.807) is 98.2 Å². The van der Waals surface area contributed by atoms with Gasteiger partial charge in [0, 0.05) is 111 Å². The van der Waals surface area contributed by atoms with E-state index in [1.807, 2.05) is 40.0 Å². The first-order chi connectivity index (χ1) is 32.9. The molecular formula is C23H67O30Si20. The third-order valence-electron chi connectivity index (χ3n) is 10.5. The molecule has 73 heavy (non-hydrogen) atoms. The molecule has 419 valence electrons. The van der Waals surface area contributed by atoms with Gasteiger partial charge in [-0.2, -0.15) is 0 Å². The molecule has 3 radical (unpaired) electrons. The van der Waals surface area contributed by atoms with Crippen LogP contribution in [-0.4, -0.2) is 191 Å². The Morgan fingerprint density at radius 2 is 0.397 bits per heavy atom. The molecule has 15 atom stereocenters. The Morgan fingerprint density at radius 3 is 0.644 bits per heavy atom. The van der Waals surface area contributed by atoms with Gasteiger partial charge in [-0.05, 0) is 40.0 Å². The van der Waals surface area contributed by atoms with Crippen molar-refractivity contribution in [1.82, 2.24) is 0 Å². The smallest absolute Gasteiger partial charge is 0.416 e. The maximum atomic E-state index is 6.97. The predicted octanol–water partition coefficient (Wildman–Crippen LogP) is 2.54. The average molecular weight is 1390 g/mol. The highest BCUT2D eigenvalue weighted by Gasteiger charge is 2.77. The Balaban J connectivity index is 1.07. The van der Waals surface area contributed by atoms with E-state index in [9.17, 15) is 0 Å². The van der Waals surface area contributed by atoms with Crippen LogP contribution in [0.2, 0.25) is 124 Å². The third-order valence-corrected chi connectivity index (χ3v) is 89.8. The van der Waals surface area contributed by atoms with Crippen LogP contribution in [0.4, 0.5) is 0 Å². The molecule has 0 aliphatic carbocycles. The molecule has 0 N–H and O–H groups in total. The highest BCUT2D eigenvalue weighted by Crippen LogP contribution is 2.46. The quantitative estimate of drug-likeness (QED) is 0.366. The lowest BCUT2D eigenvalue weighted by molar-refractivity contribution is 0.0102. The van der Waals surface area contributed by atoms with Crippen molar-refractivity contribution in [2.24, 2.45) is 0 Å². The molecule has 0 amide bonds. The minimum Gasteiger partial charge on any atom is -0.416 e. The molecule has 9 fully saturated rings. The molecular weight excluding hydrogens is 1320 g/mol. The third kappa shape index (κ3) is 13.9. The summed E-state index contributed by atoms with van der Waals surface area (Å²) < 4.78 is 204. The largest absolute Gasteiger partial charge is 0.553 e. The molecule has 0 saturated carbocycles. The van der Waals surface area contributed by atoms with Crippen LogP contribution >= 0.6 is 0 Å². The fraction of sp³-hybridized carbons (Fsp3) is 1.00. The zero-order chi connectivity index (χ0) is 53.9. The Kier molecular flexibility index (Phi) is 16.1. The molecule has 0 spiro atoms. The predicted molar refractivity (Wildman–Crippen MR) is 280 cm³/mol. The van der Waals surface area contributed by atoms with Crippen LogP contribution in [0.15, 0.2) is 0 Å². The Bertz CT molecular complexity index is 2150. The van der Waals surface area contributed by atoms with E-state index in [-0.39, 0.29) is 13.2 Å². The van der Waals surface area contributed by atoms with Crippen molar-refractivity contribution in [3.63, 3.8) is 0 Å². The number of hydrogen-bond donors (Lipinski definition) is 0. The van der Waals surface area contributed by atoms with Crippen LogP contribution in [0.3, 0.4) is 0 Å². The summed E-state index contributed by atoms with van der Waals surface area (Å²) in [7, 11) is -75.7. The van der Waals surface area contributed by atoms with Gasteiger partial charge < -0.3 is 124 Å². The van der Waals surface area contributed by atoms with Gasteiger partial charge in [-0.15, -0.1) is 0 Å². The second-order valence-corrected chi connectivity index (χ2v) is 76.6.